The maximum atomic E-state index is 12.6. The van der Waals surface area contributed by atoms with Crippen LogP contribution in [0.1, 0.15) is 10.4 Å². The van der Waals surface area contributed by atoms with E-state index in [1.807, 2.05) is 24.3 Å². The molecule has 0 heterocycles. The van der Waals surface area contributed by atoms with Gasteiger partial charge in [-0.1, -0.05) is 24.3 Å². The Morgan fingerprint density at radius 1 is 0.913 bits per heavy atom. The van der Waals surface area contributed by atoms with Gasteiger partial charge in [0.2, 0.25) is 0 Å². The maximum Gasteiger partial charge on any atom is 0.344 e. The number of aromatic hydroxyl groups is 1. The van der Waals surface area contributed by atoms with Gasteiger partial charge in [0.25, 0.3) is 0 Å². The van der Waals surface area contributed by atoms with E-state index in [0.29, 0.717) is 22.1 Å². The van der Waals surface area contributed by atoms with E-state index in [9.17, 15) is 9.90 Å². The molecule has 3 aromatic rings. The van der Waals surface area contributed by atoms with Gasteiger partial charge in [0, 0.05) is 8.96 Å². The first-order valence-corrected chi connectivity index (χ1v) is 9.78. The Kier molecular flexibility index (Phi) is 5.31. The number of rotatable bonds is 2. The lowest BCUT2D eigenvalue weighted by atomic mass is 10.0. The molecule has 3 rings (SSSR count). The van der Waals surface area contributed by atoms with Crippen molar-refractivity contribution in [1.29, 1.82) is 0 Å². The molecule has 0 unspecified atom stereocenters. The van der Waals surface area contributed by atoms with Gasteiger partial charge in [0.1, 0.15) is 5.75 Å². The predicted octanol–water partition coefficient (Wildman–Crippen LogP) is 5.58. The maximum absolute atomic E-state index is 12.6. The molecule has 3 nitrogen and oxygen atoms in total. The normalized spacial score (nSPS) is 10.7. The van der Waals surface area contributed by atoms with Crippen LogP contribution in [0.5, 0.6) is 11.5 Å². The van der Waals surface area contributed by atoms with Gasteiger partial charge < -0.3 is 9.84 Å². The van der Waals surface area contributed by atoms with E-state index in [-0.39, 0.29) is 5.75 Å². The standard InChI is InChI=1S/C17H9I3O3/c18-9-7-13(19)16(14(20)8-9)23-17(22)12-5-6-15(21)11-4-2-1-3-10(11)12/h1-8,21H. The van der Waals surface area contributed by atoms with Crippen molar-refractivity contribution in [3.05, 3.63) is 64.8 Å². The summed E-state index contributed by atoms with van der Waals surface area (Å²) in [5, 5.41) is 11.2. The molecule has 6 heteroatoms. The lowest BCUT2D eigenvalue weighted by molar-refractivity contribution is 0.0734. The fourth-order valence-corrected chi connectivity index (χ4v) is 6.04. The average Bonchev–Trinajstić information content (AvgIpc) is 2.51. The van der Waals surface area contributed by atoms with E-state index >= 15 is 0 Å². The van der Waals surface area contributed by atoms with Crippen molar-refractivity contribution in [2.45, 2.75) is 0 Å². The Morgan fingerprint density at radius 2 is 1.52 bits per heavy atom. The second-order valence-electron chi connectivity index (χ2n) is 4.77. The van der Waals surface area contributed by atoms with Gasteiger partial charge in [-0.2, -0.15) is 0 Å². The van der Waals surface area contributed by atoms with E-state index < -0.39 is 5.97 Å². The third-order valence-electron chi connectivity index (χ3n) is 3.28. The summed E-state index contributed by atoms with van der Waals surface area (Å²) >= 11 is 6.55. The van der Waals surface area contributed by atoms with Crippen LogP contribution in [-0.2, 0) is 0 Å². The fourth-order valence-electron chi connectivity index (χ4n) is 2.24. The summed E-state index contributed by atoms with van der Waals surface area (Å²) in [6.07, 6.45) is 0. The van der Waals surface area contributed by atoms with Crippen molar-refractivity contribution in [2.75, 3.05) is 0 Å². The smallest absolute Gasteiger partial charge is 0.344 e. The van der Waals surface area contributed by atoms with Gasteiger partial charge >= 0.3 is 5.97 Å². The first kappa shape index (κ1) is 17.2. The summed E-state index contributed by atoms with van der Waals surface area (Å²) in [7, 11) is 0. The monoisotopic (exact) mass is 642 g/mol. The van der Waals surface area contributed by atoms with Crippen molar-refractivity contribution < 1.29 is 14.6 Å². The Balaban J connectivity index is 2.04. The van der Waals surface area contributed by atoms with Crippen LogP contribution >= 0.6 is 67.8 Å². The lowest BCUT2D eigenvalue weighted by Gasteiger charge is -2.11. The molecule has 0 spiro atoms. The van der Waals surface area contributed by atoms with Crippen LogP contribution < -0.4 is 4.74 Å². The molecule has 0 radical (unpaired) electrons. The SMILES string of the molecule is O=C(Oc1c(I)cc(I)cc1I)c1ccc(O)c2ccccc12. The van der Waals surface area contributed by atoms with Crippen LogP contribution in [0.4, 0.5) is 0 Å². The number of carbonyl (C=O) groups is 1. The molecule has 0 aliphatic carbocycles. The zero-order valence-electron chi connectivity index (χ0n) is 11.5. The van der Waals surface area contributed by atoms with Gasteiger partial charge in [-0.15, -0.1) is 0 Å². The molecule has 0 amide bonds. The van der Waals surface area contributed by atoms with E-state index in [0.717, 1.165) is 10.7 Å². The van der Waals surface area contributed by atoms with Gasteiger partial charge in [-0.3, -0.25) is 0 Å². The van der Waals surface area contributed by atoms with E-state index in [4.69, 9.17) is 4.74 Å². The Hall–Kier alpha value is -0.620. The third kappa shape index (κ3) is 3.58. The third-order valence-corrected chi connectivity index (χ3v) is 5.50. The molecule has 0 bridgehead atoms. The summed E-state index contributed by atoms with van der Waals surface area (Å²) in [6.45, 7) is 0. The van der Waals surface area contributed by atoms with E-state index in [1.54, 1.807) is 18.2 Å². The Bertz CT molecular complexity index is 899. The van der Waals surface area contributed by atoms with Gasteiger partial charge in [0.05, 0.1) is 12.7 Å². The van der Waals surface area contributed by atoms with Crippen LogP contribution in [0, 0.1) is 10.7 Å². The number of benzene rings is 3. The molecular formula is C17H9I3O3. The number of hydrogen-bond donors (Lipinski definition) is 1. The highest BCUT2D eigenvalue weighted by Crippen LogP contribution is 2.32. The number of carbonyl (C=O) groups excluding carboxylic acids is 1. The van der Waals surface area contributed by atoms with Gasteiger partial charge in [-0.25, -0.2) is 4.79 Å². The summed E-state index contributed by atoms with van der Waals surface area (Å²) in [5.74, 6) is 0.280. The lowest BCUT2D eigenvalue weighted by Crippen LogP contribution is -2.11. The molecule has 0 saturated heterocycles. The number of phenols is 1. The highest BCUT2D eigenvalue weighted by atomic mass is 127. The summed E-state index contributed by atoms with van der Waals surface area (Å²) in [6, 6.07) is 14.3. The fraction of sp³-hybridized carbons (Fsp3) is 0. The van der Waals surface area contributed by atoms with Crippen LogP contribution in [0.3, 0.4) is 0 Å². The second-order valence-corrected chi connectivity index (χ2v) is 8.34. The number of halogens is 3. The molecule has 23 heavy (non-hydrogen) atoms. The van der Waals surface area contributed by atoms with Crippen molar-refractivity contribution in [1.82, 2.24) is 0 Å². The summed E-state index contributed by atoms with van der Waals surface area (Å²) < 4.78 is 8.48. The molecule has 0 fully saturated rings. The molecule has 0 atom stereocenters. The first-order chi connectivity index (χ1) is 11.0. The zero-order chi connectivity index (χ0) is 16.6. The molecule has 1 N–H and O–H groups in total. The molecule has 3 aromatic carbocycles. The quantitative estimate of drug-likeness (QED) is 0.226. The van der Waals surface area contributed by atoms with Crippen LogP contribution in [0.2, 0.25) is 0 Å². The number of esters is 1. The van der Waals surface area contributed by atoms with Crippen LogP contribution in [0.25, 0.3) is 10.8 Å². The summed E-state index contributed by atoms with van der Waals surface area (Å²) in [5.41, 5.74) is 0.434. The van der Waals surface area contributed by atoms with Gasteiger partial charge in [-0.05, 0) is 97.4 Å². The van der Waals surface area contributed by atoms with Crippen molar-refractivity contribution in [3.63, 3.8) is 0 Å². The van der Waals surface area contributed by atoms with E-state index in [1.165, 1.54) is 6.07 Å². The number of hydrogen-bond acceptors (Lipinski definition) is 3. The zero-order valence-corrected chi connectivity index (χ0v) is 18.0. The first-order valence-electron chi connectivity index (χ1n) is 6.55. The minimum Gasteiger partial charge on any atom is -0.507 e. The molecule has 0 aromatic heterocycles. The number of phenolic OH excluding ortho intramolecular Hbond substituents is 1. The topological polar surface area (TPSA) is 46.5 Å². The highest BCUT2D eigenvalue weighted by Gasteiger charge is 2.17. The molecule has 0 aliphatic rings. The van der Waals surface area contributed by atoms with E-state index in [2.05, 4.69) is 67.8 Å². The molecule has 116 valence electrons. The Labute approximate surface area is 173 Å². The number of ether oxygens (including phenoxy) is 1. The minimum absolute atomic E-state index is 0.149. The summed E-state index contributed by atoms with van der Waals surface area (Å²) in [4.78, 5) is 12.6. The average molecular weight is 642 g/mol. The van der Waals surface area contributed by atoms with Crippen molar-refractivity contribution >= 4 is 84.5 Å². The minimum atomic E-state index is -0.432. The Morgan fingerprint density at radius 3 is 2.17 bits per heavy atom. The van der Waals surface area contributed by atoms with Crippen molar-refractivity contribution in [2.24, 2.45) is 0 Å². The highest BCUT2D eigenvalue weighted by molar-refractivity contribution is 14.1. The van der Waals surface area contributed by atoms with Crippen LogP contribution in [-0.4, -0.2) is 11.1 Å². The van der Waals surface area contributed by atoms with Crippen molar-refractivity contribution in [3.8, 4) is 11.5 Å². The molecule has 0 saturated carbocycles. The molecular weight excluding hydrogens is 633 g/mol. The molecule has 0 aliphatic heterocycles. The van der Waals surface area contributed by atoms with Crippen LogP contribution in [0.15, 0.2) is 48.5 Å². The largest absolute Gasteiger partial charge is 0.507 e. The number of fused-ring (bicyclic) bond motifs is 1. The van der Waals surface area contributed by atoms with Gasteiger partial charge in [0.15, 0.2) is 5.75 Å². The predicted molar refractivity (Wildman–Crippen MR) is 115 cm³/mol. The second kappa shape index (κ2) is 7.09.